The number of aromatic amines is 1. The first-order valence-corrected chi connectivity index (χ1v) is 8.47. The largest absolute Gasteiger partial charge is 0.361 e. The van der Waals surface area contributed by atoms with Gasteiger partial charge in [-0.1, -0.05) is 24.1 Å². The maximum Gasteiger partial charge on any atom is 0.242 e. The first kappa shape index (κ1) is 17.1. The van der Waals surface area contributed by atoms with Crippen molar-refractivity contribution >= 4 is 22.7 Å². The van der Waals surface area contributed by atoms with Crippen molar-refractivity contribution in [3.05, 3.63) is 36.0 Å². The van der Waals surface area contributed by atoms with Gasteiger partial charge in [-0.05, 0) is 37.6 Å². The van der Waals surface area contributed by atoms with Gasteiger partial charge < -0.3 is 4.98 Å². The van der Waals surface area contributed by atoms with Crippen LogP contribution in [0.3, 0.4) is 0 Å². The van der Waals surface area contributed by atoms with Crippen LogP contribution in [0.1, 0.15) is 18.4 Å². The number of hydrazine groups is 1. The summed E-state index contributed by atoms with van der Waals surface area (Å²) in [6, 6.07) is 7.81. The third kappa shape index (κ3) is 4.20. The van der Waals surface area contributed by atoms with E-state index in [0.29, 0.717) is 6.54 Å². The van der Waals surface area contributed by atoms with Gasteiger partial charge in [0.2, 0.25) is 11.8 Å². The Labute approximate surface area is 146 Å². The smallest absolute Gasteiger partial charge is 0.242 e. The molecule has 25 heavy (non-hydrogen) atoms. The topological polar surface area (TPSA) is 77.2 Å². The maximum atomic E-state index is 12.2. The van der Waals surface area contributed by atoms with Gasteiger partial charge in [0.1, 0.15) is 0 Å². The number of nitrogens with zero attached hydrogens (tertiary/aromatic N) is 1. The zero-order chi connectivity index (χ0) is 17.6. The highest BCUT2D eigenvalue weighted by Gasteiger charge is 2.24. The van der Waals surface area contributed by atoms with Crippen LogP contribution in [0, 0.1) is 18.3 Å². The fraction of sp³-hybridized carbons (Fsp3) is 0.368. The number of benzene rings is 1. The molecule has 6 heteroatoms. The molecule has 1 aromatic carbocycles. The second-order valence-corrected chi connectivity index (χ2v) is 6.33. The predicted octanol–water partition coefficient (Wildman–Crippen LogP) is 1.20. The van der Waals surface area contributed by atoms with E-state index in [9.17, 15) is 9.59 Å². The van der Waals surface area contributed by atoms with Crippen LogP contribution in [0.15, 0.2) is 30.5 Å². The number of likely N-dealkylation sites (tertiary alicyclic amines) is 1. The standard InChI is InChI=1S/C19H22N4O2/c1-2-9-23-10-7-14(8-11-23)19(25)22-21-18(24)12-15-13-20-17-6-4-3-5-16(15)17/h1,3-6,13-14,20H,7-12H2,(H,21,24)(H,22,25). The lowest BCUT2D eigenvalue weighted by atomic mass is 9.96. The Morgan fingerprint density at radius 2 is 2.00 bits per heavy atom. The van der Waals surface area contributed by atoms with E-state index in [1.54, 1.807) is 0 Å². The zero-order valence-electron chi connectivity index (χ0n) is 14.0. The Hall–Kier alpha value is -2.78. The molecule has 130 valence electrons. The van der Waals surface area contributed by atoms with E-state index in [1.165, 1.54) is 0 Å². The molecule has 3 rings (SSSR count). The Morgan fingerprint density at radius 1 is 1.24 bits per heavy atom. The van der Waals surface area contributed by atoms with Crippen LogP contribution in [0.2, 0.25) is 0 Å². The number of terminal acetylenes is 1. The minimum atomic E-state index is -0.233. The summed E-state index contributed by atoms with van der Waals surface area (Å²) in [7, 11) is 0. The van der Waals surface area contributed by atoms with Gasteiger partial charge in [-0.2, -0.15) is 0 Å². The van der Waals surface area contributed by atoms with Crippen LogP contribution in [-0.2, 0) is 16.0 Å². The Morgan fingerprint density at radius 3 is 2.76 bits per heavy atom. The van der Waals surface area contributed by atoms with E-state index in [4.69, 9.17) is 6.42 Å². The summed E-state index contributed by atoms with van der Waals surface area (Å²) in [6.45, 7) is 2.24. The maximum absolute atomic E-state index is 12.2. The van der Waals surface area contributed by atoms with Crippen LogP contribution in [0.5, 0.6) is 0 Å². The number of nitrogens with one attached hydrogen (secondary N) is 3. The van der Waals surface area contributed by atoms with E-state index in [-0.39, 0.29) is 24.2 Å². The summed E-state index contributed by atoms with van der Waals surface area (Å²) in [5, 5.41) is 1.02. The molecule has 1 aromatic heterocycles. The van der Waals surface area contributed by atoms with E-state index >= 15 is 0 Å². The van der Waals surface area contributed by atoms with E-state index in [0.717, 1.165) is 42.4 Å². The molecule has 2 heterocycles. The van der Waals surface area contributed by atoms with Crippen LogP contribution < -0.4 is 10.9 Å². The summed E-state index contributed by atoms with van der Waals surface area (Å²) >= 11 is 0. The average molecular weight is 338 g/mol. The van der Waals surface area contributed by atoms with Crippen molar-refractivity contribution in [1.29, 1.82) is 0 Å². The van der Waals surface area contributed by atoms with Crippen molar-refractivity contribution in [2.75, 3.05) is 19.6 Å². The van der Waals surface area contributed by atoms with Crippen molar-refractivity contribution in [3.63, 3.8) is 0 Å². The van der Waals surface area contributed by atoms with Gasteiger partial charge in [0.05, 0.1) is 13.0 Å². The number of hydrogen-bond acceptors (Lipinski definition) is 3. The van der Waals surface area contributed by atoms with Gasteiger partial charge in [-0.3, -0.25) is 25.3 Å². The van der Waals surface area contributed by atoms with Crippen molar-refractivity contribution < 1.29 is 9.59 Å². The summed E-state index contributed by atoms with van der Waals surface area (Å²) in [5.41, 5.74) is 6.97. The second kappa shape index (κ2) is 7.86. The molecule has 0 spiro atoms. The van der Waals surface area contributed by atoms with Crippen molar-refractivity contribution in [2.45, 2.75) is 19.3 Å². The van der Waals surface area contributed by atoms with Crippen LogP contribution in [0.4, 0.5) is 0 Å². The van der Waals surface area contributed by atoms with Crippen molar-refractivity contribution in [3.8, 4) is 12.3 Å². The number of para-hydroxylation sites is 1. The van der Waals surface area contributed by atoms with Crippen molar-refractivity contribution in [2.24, 2.45) is 5.92 Å². The Balaban J connectivity index is 1.46. The van der Waals surface area contributed by atoms with Crippen molar-refractivity contribution in [1.82, 2.24) is 20.7 Å². The quantitative estimate of drug-likeness (QED) is 0.579. The number of H-pyrrole nitrogens is 1. The van der Waals surface area contributed by atoms with Crippen LogP contribution >= 0.6 is 0 Å². The summed E-state index contributed by atoms with van der Waals surface area (Å²) < 4.78 is 0. The minimum absolute atomic E-state index is 0.0811. The Bertz CT molecular complexity index is 797. The van der Waals surface area contributed by atoms with Gasteiger partial charge in [0, 0.05) is 23.0 Å². The zero-order valence-corrected chi connectivity index (χ0v) is 14.0. The third-order valence-electron chi connectivity index (χ3n) is 4.62. The molecule has 1 saturated heterocycles. The number of piperidine rings is 1. The molecule has 3 N–H and O–H groups in total. The van der Waals surface area contributed by atoms with Gasteiger partial charge in [0.15, 0.2) is 0 Å². The summed E-state index contributed by atoms with van der Waals surface area (Å²) in [6.07, 6.45) is 8.86. The number of fused-ring (bicyclic) bond motifs is 1. The highest BCUT2D eigenvalue weighted by atomic mass is 16.2. The molecule has 0 aliphatic carbocycles. The number of carbonyl (C=O) groups excluding carboxylic acids is 2. The van der Waals surface area contributed by atoms with E-state index in [1.807, 2.05) is 30.5 Å². The molecule has 0 unspecified atom stereocenters. The first-order valence-electron chi connectivity index (χ1n) is 8.47. The molecule has 2 aromatic rings. The lowest BCUT2D eigenvalue weighted by molar-refractivity contribution is -0.131. The third-order valence-corrected chi connectivity index (χ3v) is 4.62. The molecular formula is C19H22N4O2. The van der Waals surface area contributed by atoms with Gasteiger partial charge in [0.25, 0.3) is 0 Å². The van der Waals surface area contributed by atoms with Crippen LogP contribution in [0.25, 0.3) is 10.9 Å². The number of carbonyl (C=O) groups is 2. The Kier molecular flexibility index (Phi) is 5.36. The number of aromatic nitrogens is 1. The normalized spacial score (nSPS) is 15.6. The lowest BCUT2D eigenvalue weighted by Gasteiger charge is -2.29. The molecule has 2 amide bonds. The highest BCUT2D eigenvalue weighted by Crippen LogP contribution is 2.18. The predicted molar refractivity (Wildman–Crippen MR) is 96.3 cm³/mol. The molecule has 0 radical (unpaired) electrons. The fourth-order valence-corrected chi connectivity index (χ4v) is 3.21. The molecule has 1 aliphatic heterocycles. The fourth-order valence-electron chi connectivity index (χ4n) is 3.21. The number of rotatable bonds is 4. The molecule has 0 atom stereocenters. The average Bonchev–Trinajstić information content (AvgIpc) is 3.04. The molecule has 0 saturated carbocycles. The highest BCUT2D eigenvalue weighted by molar-refractivity contribution is 5.90. The van der Waals surface area contributed by atoms with Gasteiger partial charge in [-0.15, -0.1) is 6.42 Å². The molecule has 1 aliphatic rings. The lowest BCUT2D eigenvalue weighted by Crippen LogP contribution is -2.47. The van der Waals surface area contributed by atoms with Gasteiger partial charge >= 0.3 is 0 Å². The van der Waals surface area contributed by atoms with Gasteiger partial charge in [-0.25, -0.2) is 0 Å². The summed E-state index contributed by atoms with van der Waals surface area (Å²) in [4.78, 5) is 29.6. The number of hydrogen-bond donors (Lipinski definition) is 3. The first-order chi connectivity index (χ1) is 12.2. The van der Waals surface area contributed by atoms with E-state index in [2.05, 4.69) is 26.7 Å². The minimum Gasteiger partial charge on any atom is -0.361 e. The molecule has 1 fully saturated rings. The van der Waals surface area contributed by atoms with E-state index < -0.39 is 0 Å². The molecular weight excluding hydrogens is 316 g/mol. The SMILES string of the molecule is C#CCN1CCC(C(=O)NNC(=O)Cc2c[nH]c3ccccc23)CC1. The molecule has 6 nitrogen and oxygen atoms in total. The number of amides is 2. The van der Waals surface area contributed by atoms with Crippen LogP contribution in [-0.4, -0.2) is 41.3 Å². The molecule has 0 bridgehead atoms. The second-order valence-electron chi connectivity index (χ2n) is 6.33. The summed E-state index contributed by atoms with van der Waals surface area (Å²) in [5.74, 6) is 2.17. The monoisotopic (exact) mass is 338 g/mol.